The van der Waals surface area contributed by atoms with Crippen molar-refractivity contribution in [3.8, 4) is 5.75 Å². The molecule has 0 saturated heterocycles. The van der Waals surface area contributed by atoms with Gasteiger partial charge in [-0.05, 0) is 30.7 Å². The minimum Gasteiger partial charge on any atom is -0.496 e. The molecule has 0 radical (unpaired) electrons. The van der Waals surface area contributed by atoms with Gasteiger partial charge in [0.2, 0.25) is 10.0 Å². The summed E-state index contributed by atoms with van der Waals surface area (Å²) < 4.78 is 32.7. The van der Waals surface area contributed by atoms with Crippen molar-refractivity contribution in [2.24, 2.45) is 0 Å². The second-order valence-corrected chi connectivity index (χ2v) is 7.67. The number of hydrogen-bond acceptors (Lipinski definition) is 3. The first-order chi connectivity index (χ1) is 10.8. The maximum absolute atomic E-state index is 12.4. The molecule has 124 valence electrons. The fourth-order valence-electron chi connectivity index (χ4n) is 2.24. The maximum atomic E-state index is 12.4. The molecule has 2 aromatic carbocycles. The first-order valence-electron chi connectivity index (χ1n) is 6.89. The monoisotopic (exact) mass is 373 g/mol. The van der Waals surface area contributed by atoms with Crippen molar-refractivity contribution in [3.05, 3.63) is 63.6 Å². The van der Waals surface area contributed by atoms with Crippen molar-refractivity contribution in [2.45, 2.75) is 18.7 Å². The van der Waals surface area contributed by atoms with Crippen LogP contribution in [-0.4, -0.2) is 15.5 Å². The highest BCUT2D eigenvalue weighted by Crippen LogP contribution is 2.26. The maximum Gasteiger partial charge on any atom is 0.216 e. The lowest BCUT2D eigenvalue weighted by atomic mass is 10.1. The van der Waals surface area contributed by atoms with E-state index in [9.17, 15) is 8.42 Å². The van der Waals surface area contributed by atoms with Crippen LogP contribution in [-0.2, 0) is 15.8 Å². The van der Waals surface area contributed by atoms with E-state index in [-0.39, 0.29) is 5.75 Å². The van der Waals surface area contributed by atoms with E-state index in [0.29, 0.717) is 21.4 Å². The van der Waals surface area contributed by atoms with Crippen molar-refractivity contribution in [3.63, 3.8) is 0 Å². The van der Waals surface area contributed by atoms with Gasteiger partial charge in [0.1, 0.15) is 5.75 Å². The van der Waals surface area contributed by atoms with Gasteiger partial charge in [-0.2, -0.15) is 0 Å². The predicted octanol–water partition coefficient (Wildman–Crippen LogP) is 4.18. The zero-order valence-corrected chi connectivity index (χ0v) is 15.0. The second-order valence-electron chi connectivity index (χ2n) is 5.08. The molecule has 23 heavy (non-hydrogen) atoms. The highest BCUT2D eigenvalue weighted by atomic mass is 35.5. The molecule has 0 saturated carbocycles. The van der Waals surface area contributed by atoms with Crippen molar-refractivity contribution in [1.82, 2.24) is 4.72 Å². The molecule has 4 nitrogen and oxygen atoms in total. The molecule has 0 spiro atoms. The zero-order chi connectivity index (χ0) is 17.0. The van der Waals surface area contributed by atoms with Crippen LogP contribution in [0.5, 0.6) is 5.75 Å². The summed E-state index contributed by atoms with van der Waals surface area (Å²) in [7, 11) is -2.03. The number of sulfonamides is 1. The highest BCUT2D eigenvalue weighted by molar-refractivity contribution is 7.88. The zero-order valence-electron chi connectivity index (χ0n) is 12.7. The Kier molecular flexibility index (Phi) is 5.92. The van der Waals surface area contributed by atoms with Crippen molar-refractivity contribution in [1.29, 1.82) is 0 Å². The topological polar surface area (TPSA) is 55.4 Å². The molecule has 1 N–H and O–H groups in total. The quantitative estimate of drug-likeness (QED) is 0.825. The lowest BCUT2D eigenvalue weighted by molar-refractivity contribution is 0.405. The highest BCUT2D eigenvalue weighted by Gasteiger charge is 2.20. The normalized spacial score (nSPS) is 12.9. The Balaban J connectivity index is 2.17. The lowest BCUT2D eigenvalue weighted by Crippen LogP contribution is -2.28. The number of ether oxygens (including phenoxy) is 1. The summed E-state index contributed by atoms with van der Waals surface area (Å²) in [4.78, 5) is 0. The summed E-state index contributed by atoms with van der Waals surface area (Å²) in [5.74, 6) is 0.412. The number of para-hydroxylation sites is 1. The van der Waals surface area contributed by atoms with Gasteiger partial charge in [-0.25, -0.2) is 13.1 Å². The van der Waals surface area contributed by atoms with Crippen molar-refractivity contribution in [2.75, 3.05) is 7.11 Å². The van der Waals surface area contributed by atoms with Crippen LogP contribution in [0.4, 0.5) is 0 Å². The molecular weight excluding hydrogens is 357 g/mol. The van der Waals surface area contributed by atoms with Crippen LogP contribution in [0.1, 0.15) is 24.1 Å². The Morgan fingerprint density at radius 1 is 1.17 bits per heavy atom. The molecule has 0 unspecified atom stereocenters. The largest absolute Gasteiger partial charge is 0.496 e. The van der Waals surface area contributed by atoms with Gasteiger partial charge in [0, 0.05) is 21.7 Å². The van der Waals surface area contributed by atoms with Crippen molar-refractivity contribution < 1.29 is 13.2 Å². The van der Waals surface area contributed by atoms with Crippen LogP contribution in [0.2, 0.25) is 10.0 Å². The van der Waals surface area contributed by atoms with Crippen LogP contribution >= 0.6 is 23.2 Å². The second kappa shape index (κ2) is 7.53. The van der Waals surface area contributed by atoms with Gasteiger partial charge in [0.05, 0.1) is 12.9 Å². The number of rotatable bonds is 6. The number of methoxy groups -OCH3 is 1. The van der Waals surface area contributed by atoms with Gasteiger partial charge in [-0.15, -0.1) is 0 Å². The Labute approximate surface area is 146 Å². The molecule has 2 rings (SSSR count). The molecule has 0 aliphatic rings. The average molecular weight is 374 g/mol. The van der Waals surface area contributed by atoms with E-state index in [4.69, 9.17) is 27.9 Å². The van der Waals surface area contributed by atoms with Crippen LogP contribution in [0, 0.1) is 0 Å². The Morgan fingerprint density at radius 2 is 1.87 bits per heavy atom. The van der Waals surface area contributed by atoms with Crippen LogP contribution < -0.4 is 9.46 Å². The van der Waals surface area contributed by atoms with Crippen LogP contribution in [0.3, 0.4) is 0 Å². The Bertz CT molecular complexity index is 794. The molecular formula is C16H17Cl2NO3S. The number of nitrogens with one attached hydrogen (secondary N) is 1. The first kappa shape index (κ1) is 18.1. The number of halogens is 2. The van der Waals surface area contributed by atoms with Gasteiger partial charge < -0.3 is 4.74 Å². The third-order valence-electron chi connectivity index (χ3n) is 3.32. The lowest BCUT2D eigenvalue weighted by Gasteiger charge is -2.17. The molecule has 0 aliphatic heterocycles. The van der Waals surface area contributed by atoms with Gasteiger partial charge in [-0.1, -0.05) is 47.5 Å². The molecule has 7 heteroatoms. The average Bonchev–Trinajstić information content (AvgIpc) is 2.49. The van der Waals surface area contributed by atoms with Gasteiger partial charge >= 0.3 is 0 Å². The molecule has 0 amide bonds. The molecule has 0 fully saturated rings. The van der Waals surface area contributed by atoms with E-state index in [2.05, 4.69) is 4.72 Å². The molecule has 0 aliphatic carbocycles. The molecule has 0 aromatic heterocycles. The molecule has 2 aromatic rings. The minimum absolute atomic E-state index is 0.220. The van der Waals surface area contributed by atoms with E-state index in [1.165, 1.54) is 6.07 Å². The summed E-state index contributed by atoms with van der Waals surface area (Å²) >= 11 is 11.9. The molecule has 0 bridgehead atoms. The van der Waals surface area contributed by atoms with Crippen LogP contribution in [0.25, 0.3) is 0 Å². The summed E-state index contributed by atoms with van der Waals surface area (Å²) in [6.07, 6.45) is 0. The fourth-order valence-corrected chi connectivity index (χ4v) is 4.21. The number of hydrogen-bond donors (Lipinski definition) is 1. The first-order valence-corrected chi connectivity index (χ1v) is 9.30. The van der Waals surface area contributed by atoms with Gasteiger partial charge in [-0.3, -0.25) is 0 Å². The fraction of sp³-hybridized carbons (Fsp3) is 0.250. The third-order valence-corrected chi connectivity index (χ3v) is 5.31. The Hall–Kier alpha value is -1.27. The smallest absolute Gasteiger partial charge is 0.216 e. The van der Waals surface area contributed by atoms with Crippen LogP contribution in [0.15, 0.2) is 42.5 Å². The van der Waals surface area contributed by atoms with E-state index in [1.807, 2.05) is 18.2 Å². The van der Waals surface area contributed by atoms with Gasteiger partial charge in [0.15, 0.2) is 0 Å². The van der Waals surface area contributed by atoms with E-state index in [0.717, 1.165) is 5.56 Å². The SMILES string of the molecule is COc1ccccc1[C@@H](C)NS(=O)(=O)Cc1ccc(Cl)cc1Cl. The standard InChI is InChI=1S/C16H17Cl2NO3S/c1-11(14-5-3-4-6-16(14)22-2)19-23(20,21)10-12-7-8-13(17)9-15(12)18/h3-9,11,19H,10H2,1-2H3/t11-/m1/s1. The van der Waals surface area contributed by atoms with E-state index in [1.54, 1.807) is 32.2 Å². The number of benzene rings is 2. The van der Waals surface area contributed by atoms with E-state index >= 15 is 0 Å². The summed E-state index contributed by atoms with van der Waals surface area (Å²) in [6.45, 7) is 1.76. The molecule has 0 heterocycles. The summed E-state index contributed by atoms with van der Waals surface area (Å²) in [5, 5.41) is 0.791. The van der Waals surface area contributed by atoms with Gasteiger partial charge in [0.25, 0.3) is 0 Å². The minimum atomic E-state index is -3.58. The summed E-state index contributed by atoms with van der Waals surface area (Å²) in [6, 6.07) is 11.6. The Morgan fingerprint density at radius 3 is 2.52 bits per heavy atom. The molecule has 1 atom stereocenters. The third kappa shape index (κ3) is 4.85. The van der Waals surface area contributed by atoms with Crippen molar-refractivity contribution >= 4 is 33.2 Å². The summed E-state index contributed by atoms with van der Waals surface area (Å²) in [5.41, 5.74) is 1.26. The predicted molar refractivity (Wildman–Crippen MR) is 93.6 cm³/mol. The van der Waals surface area contributed by atoms with E-state index < -0.39 is 16.1 Å².